The number of hydrogen-bond acceptors (Lipinski definition) is 3. The third kappa shape index (κ3) is 4.71. The first kappa shape index (κ1) is 16.8. The van der Waals surface area contributed by atoms with Crippen LogP contribution in [0.15, 0.2) is 24.3 Å². The SMILES string of the molecule is COc1ccc([C@@H](Br)[C@@H](Br)C(=O)OC2CCCCC2)cc1. The van der Waals surface area contributed by atoms with Crippen LogP contribution in [0.5, 0.6) is 5.75 Å². The number of esters is 1. The summed E-state index contributed by atoms with van der Waals surface area (Å²) in [6.07, 6.45) is 5.62. The van der Waals surface area contributed by atoms with Gasteiger partial charge < -0.3 is 9.47 Å². The van der Waals surface area contributed by atoms with E-state index in [0.717, 1.165) is 37.0 Å². The molecule has 0 amide bonds. The van der Waals surface area contributed by atoms with Crippen molar-refractivity contribution < 1.29 is 14.3 Å². The zero-order chi connectivity index (χ0) is 15.2. The first-order chi connectivity index (χ1) is 10.1. The van der Waals surface area contributed by atoms with Crippen LogP contribution in [0.2, 0.25) is 0 Å². The highest BCUT2D eigenvalue weighted by molar-refractivity contribution is 9.12. The van der Waals surface area contributed by atoms with E-state index in [1.165, 1.54) is 6.42 Å². The molecule has 21 heavy (non-hydrogen) atoms. The third-order valence-electron chi connectivity index (χ3n) is 3.75. The van der Waals surface area contributed by atoms with Crippen LogP contribution >= 0.6 is 31.9 Å². The fourth-order valence-corrected chi connectivity index (χ4v) is 3.42. The van der Waals surface area contributed by atoms with E-state index < -0.39 is 4.83 Å². The van der Waals surface area contributed by atoms with E-state index >= 15 is 0 Å². The second-order valence-corrected chi connectivity index (χ2v) is 7.25. The second kappa shape index (κ2) is 8.18. The van der Waals surface area contributed by atoms with Crippen molar-refractivity contribution >= 4 is 37.8 Å². The van der Waals surface area contributed by atoms with Gasteiger partial charge >= 0.3 is 5.97 Å². The summed E-state index contributed by atoms with van der Waals surface area (Å²) < 4.78 is 10.7. The van der Waals surface area contributed by atoms with Crippen LogP contribution < -0.4 is 4.74 Å². The van der Waals surface area contributed by atoms with Crippen molar-refractivity contribution in [1.82, 2.24) is 0 Å². The van der Waals surface area contributed by atoms with Gasteiger partial charge in [0.2, 0.25) is 0 Å². The zero-order valence-electron chi connectivity index (χ0n) is 12.1. The van der Waals surface area contributed by atoms with Crippen molar-refractivity contribution in [2.75, 3.05) is 7.11 Å². The molecule has 0 spiro atoms. The van der Waals surface area contributed by atoms with Gasteiger partial charge in [-0.15, -0.1) is 0 Å². The molecule has 1 aromatic carbocycles. The van der Waals surface area contributed by atoms with Crippen molar-refractivity contribution in [3.63, 3.8) is 0 Å². The third-order valence-corrected chi connectivity index (χ3v) is 6.42. The number of alkyl halides is 2. The van der Waals surface area contributed by atoms with Gasteiger partial charge in [-0.25, -0.2) is 0 Å². The van der Waals surface area contributed by atoms with Gasteiger partial charge in [-0.1, -0.05) is 50.4 Å². The number of rotatable bonds is 5. The van der Waals surface area contributed by atoms with Crippen LogP contribution in [0.4, 0.5) is 0 Å². The zero-order valence-corrected chi connectivity index (χ0v) is 15.2. The van der Waals surface area contributed by atoms with Crippen LogP contribution in [0.3, 0.4) is 0 Å². The molecule has 0 heterocycles. The lowest BCUT2D eigenvalue weighted by atomic mass is 9.98. The van der Waals surface area contributed by atoms with Crippen molar-refractivity contribution in [3.8, 4) is 5.75 Å². The quantitative estimate of drug-likeness (QED) is 0.509. The fourth-order valence-electron chi connectivity index (χ4n) is 2.49. The highest BCUT2D eigenvalue weighted by Gasteiger charge is 2.29. The van der Waals surface area contributed by atoms with Crippen molar-refractivity contribution in [1.29, 1.82) is 0 Å². The van der Waals surface area contributed by atoms with Gasteiger partial charge in [0.05, 0.1) is 11.9 Å². The maximum Gasteiger partial charge on any atom is 0.321 e. The summed E-state index contributed by atoms with van der Waals surface area (Å²) in [6.45, 7) is 0. The number of benzene rings is 1. The molecule has 2 atom stereocenters. The molecule has 1 aromatic rings. The Morgan fingerprint density at radius 1 is 1.14 bits per heavy atom. The molecule has 0 bridgehead atoms. The number of carbonyl (C=O) groups excluding carboxylic acids is 1. The van der Waals surface area contributed by atoms with Gasteiger partial charge in [-0.3, -0.25) is 4.79 Å². The van der Waals surface area contributed by atoms with E-state index in [4.69, 9.17) is 9.47 Å². The Labute approximate surface area is 142 Å². The minimum absolute atomic E-state index is 0.0851. The van der Waals surface area contributed by atoms with Crippen LogP contribution in [0.25, 0.3) is 0 Å². The molecule has 0 aromatic heterocycles. The second-order valence-electron chi connectivity index (χ2n) is 5.27. The molecule has 2 rings (SSSR count). The first-order valence-corrected chi connectivity index (χ1v) is 9.07. The molecule has 0 aliphatic heterocycles. The minimum Gasteiger partial charge on any atom is -0.497 e. The first-order valence-electron chi connectivity index (χ1n) is 7.24. The van der Waals surface area contributed by atoms with Gasteiger partial charge in [-0.05, 0) is 43.4 Å². The van der Waals surface area contributed by atoms with Crippen LogP contribution in [-0.2, 0) is 9.53 Å². The number of carbonyl (C=O) groups is 1. The summed E-state index contributed by atoms with van der Waals surface area (Å²) in [5.74, 6) is 0.606. The molecule has 1 aliphatic carbocycles. The summed E-state index contributed by atoms with van der Waals surface area (Å²) in [7, 11) is 1.63. The average molecular weight is 420 g/mol. The molecule has 3 nitrogen and oxygen atoms in total. The molecule has 116 valence electrons. The minimum atomic E-state index is -0.396. The van der Waals surface area contributed by atoms with Gasteiger partial charge in [0.1, 0.15) is 16.7 Å². The van der Waals surface area contributed by atoms with Crippen molar-refractivity contribution in [3.05, 3.63) is 29.8 Å². The summed E-state index contributed by atoms with van der Waals surface area (Å²) in [6, 6.07) is 7.66. The number of ether oxygens (including phenoxy) is 2. The molecule has 0 N–H and O–H groups in total. The van der Waals surface area contributed by atoms with E-state index in [1.54, 1.807) is 7.11 Å². The highest BCUT2D eigenvalue weighted by Crippen LogP contribution is 2.33. The standard InChI is InChI=1S/C16H20Br2O3/c1-20-12-9-7-11(8-10-12)14(17)15(18)16(19)21-13-5-3-2-4-6-13/h7-10,13-15H,2-6H2,1H3/t14-,15-/m1/s1. The van der Waals surface area contributed by atoms with Crippen LogP contribution in [0.1, 0.15) is 42.5 Å². The van der Waals surface area contributed by atoms with E-state index in [9.17, 15) is 4.79 Å². The van der Waals surface area contributed by atoms with E-state index in [0.29, 0.717) is 0 Å². The van der Waals surface area contributed by atoms with Gasteiger partial charge in [0, 0.05) is 0 Å². The maximum absolute atomic E-state index is 12.2. The monoisotopic (exact) mass is 418 g/mol. The van der Waals surface area contributed by atoms with Gasteiger partial charge in [0.25, 0.3) is 0 Å². The van der Waals surface area contributed by atoms with Crippen LogP contribution in [-0.4, -0.2) is 24.0 Å². The molecule has 1 saturated carbocycles. The number of halogens is 2. The summed E-state index contributed by atoms with van der Waals surface area (Å²) in [5, 5.41) is 0. The van der Waals surface area contributed by atoms with E-state index in [-0.39, 0.29) is 16.9 Å². The molecular weight excluding hydrogens is 400 g/mol. The molecule has 5 heteroatoms. The number of hydrogen-bond donors (Lipinski definition) is 0. The molecule has 0 saturated heterocycles. The topological polar surface area (TPSA) is 35.5 Å². The average Bonchev–Trinajstić information content (AvgIpc) is 2.54. The van der Waals surface area contributed by atoms with E-state index in [2.05, 4.69) is 31.9 Å². The van der Waals surface area contributed by atoms with Gasteiger partial charge in [0.15, 0.2) is 0 Å². The largest absolute Gasteiger partial charge is 0.497 e. The Balaban J connectivity index is 1.93. The Hall–Kier alpha value is -0.550. The maximum atomic E-state index is 12.2. The Bertz CT molecular complexity index is 455. The smallest absolute Gasteiger partial charge is 0.321 e. The summed E-state index contributed by atoms with van der Waals surface area (Å²) >= 11 is 7.03. The lowest BCUT2D eigenvalue weighted by Crippen LogP contribution is -2.28. The molecule has 1 fully saturated rings. The lowest BCUT2D eigenvalue weighted by molar-refractivity contribution is -0.149. The molecular formula is C16H20Br2O3. The number of methoxy groups -OCH3 is 1. The van der Waals surface area contributed by atoms with Crippen LogP contribution in [0, 0.1) is 0 Å². The molecule has 0 radical (unpaired) electrons. The van der Waals surface area contributed by atoms with E-state index in [1.807, 2.05) is 24.3 Å². The predicted molar refractivity (Wildman–Crippen MR) is 90.3 cm³/mol. The lowest BCUT2D eigenvalue weighted by Gasteiger charge is -2.24. The predicted octanol–water partition coefficient (Wildman–Crippen LogP) is 4.77. The summed E-state index contributed by atoms with van der Waals surface area (Å²) in [4.78, 5) is 11.7. The van der Waals surface area contributed by atoms with Crippen molar-refractivity contribution in [2.45, 2.75) is 47.9 Å². The summed E-state index contributed by atoms with van der Waals surface area (Å²) in [5.41, 5.74) is 1.01. The highest BCUT2D eigenvalue weighted by atomic mass is 79.9. The Morgan fingerprint density at radius 2 is 1.76 bits per heavy atom. The normalized spacial score (nSPS) is 18.8. The van der Waals surface area contributed by atoms with Crippen molar-refractivity contribution in [2.24, 2.45) is 0 Å². The Morgan fingerprint density at radius 3 is 2.33 bits per heavy atom. The van der Waals surface area contributed by atoms with Gasteiger partial charge in [-0.2, -0.15) is 0 Å². The molecule has 0 unspecified atom stereocenters. The fraction of sp³-hybridized carbons (Fsp3) is 0.562. The molecule has 1 aliphatic rings. The Kier molecular flexibility index (Phi) is 6.55.